The van der Waals surface area contributed by atoms with Gasteiger partial charge < -0.3 is 0 Å². The van der Waals surface area contributed by atoms with Crippen LogP contribution in [-0.4, -0.2) is 16.6 Å². The Balaban J connectivity index is 1.50. The molecule has 1 heterocycles. The molecule has 2 aliphatic rings. The van der Waals surface area contributed by atoms with Crippen LogP contribution in [-0.2, 0) is 11.2 Å². The zero-order chi connectivity index (χ0) is 14.7. The molecule has 3 rings (SSSR count). The molecule has 4 nitrogen and oxygen atoms in total. The van der Waals surface area contributed by atoms with E-state index in [1.165, 1.54) is 37.8 Å². The Labute approximate surface area is 130 Å². The maximum atomic E-state index is 11.9. The van der Waals surface area contributed by atoms with Gasteiger partial charge in [0.05, 0.1) is 17.1 Å². The molecule has 0 aromatic carbocycles. The first-order valence-corrected chi connectivity index (χ1v) is 8.84. The molecule has 2 atom stereocenters. The second kappa shape index (κ2) is 6.69. The van der Waals surface area contributed by atoms with Crippen molar-refractivity contribution in [2.45, 2.75) is 58.3 Å². The summed E-state index contributed by atoms with van der Waals surface area (Å²) in [6.07, 6.45) is 9.22. The largest absolute Gasteiger partial charge is 0.273 e. The van der Waals surface area contributed by atoms with Crippen LogP contribution in [0.25, 0.3) is 0 Å². The maximum absolute atomic E-state index is 11.9. The summed E-state index contributed by atoms with van der Waals surface area (Å²) in [5.41, 5.74) is 4.74. The number of carbonyl (C=O) groups is 1. The van der Waals surface area contributed by atoms with E-state index in [0.29, 0.717) is 6.42 Å². The van der Waals surface area contributed by atoms with Gasteiger partial charge >= 0.3 is 0 Å². The molecule has 114 valence electrons. The van der Waals surface area contributed by atoms with Crippen LogP contribution in [0.3, 0.4) is 0 Å². The third kappa shape index (κ3) is 3.90. The van der Waals surface area contributed by atoms with E-state index in [4.69, 9.17) is 0 Å². The van der Waals surface area contributed by atoms with E-state index < -0.39 is 0 Å². The Morgan fingerprint density at radius 2 is 2.19 bits per heavy atom. The summed E-state index contributed by atoms with van der Waals surface area (Å²) in [5, 5.41) is 7.31. The van der Waals surface area contributed by atoms with Gasteiger partial charge in [-0.3, -0.25) is 4.79 Å². The van der Waals surface area contributed by atoms with Crippen molar-refractivity contribution in [2.75, 3.05) is 0 Å². The number of fused-ring (bicyclic) bond motifs is 1. The first-order chi connectivity index (χ1) is 10.2. The molecule has 0 bridgehead atoms. The van der Waals surface area contributed by atoms with E-state index in [9.17, 15) is 4.79 Å². The predicted octanol–water partition coefficient (Wildman–Crippen LogP) is 3.46. The number of nitrogens with zero attached hydrogens (tertiary/aromatic N) is 2. The highest BCUT2D eigenvalue weighted by molar-refractivity contribution is 7.09. The number of nitrogens with one attached hydrogen (secondary N) is 1. The van der Waals surface area contributed by atoms with Crippen molar-refractivity contribution in [2.24, 2.45) is 16.9 Å². The topological polar surface area (TPSA) is 54.4 Å². The number of amides is 1. The van der Waals surface area contributed by atoms with Gasteiger partial charge in [0.2, 0.25) is 5.91 Å². The number of hydrogen-bond donors (Lipinski definition) is 1. The molecule has 0 spiro atoms. The maximum Gasteiger partial charge on any atom is 0.246 e. The minimum Gasteiger partial charge on any atom is -0.273 e. The van der Waals surface area contributed by atoms with E-state index in [-0.39, 0.29) is 5.91 Å². The van der Waals surface area contributed by atoms with Crippen LogP contribution in [0.5, 0.6) is 0 Å². The Morgan fingerprint density at radius 1 is 1.38 bits per heavy atom. The van der Waals surface area contributed by atoms with Crippen molar-refractivity contribution in [3.05, 3.63) is 16.1 Å². The van der Waals surface area contributed by atoms with Crippen LogP contribution in [0.15, 0.2) is 10.5 Å². The van der Waals surface area contributed by atoms with Crippen LogP contribution >= 0.6 is 11.3 Å². The highest BCUT2D eigenvalue weighted by atomic mass is 32.1. The second-order valence-corrected chi connectivity index (χ2v) is 7.36. The van der Waals surface area contributed by atoms with Crippen molar-refractivity contribution >= 4 is 23.0 Å². The summed E-state index contributed by atoms with van der Waals surface area (Å²) in [6.45, 7) is 1.95. The van der Waals surface area contributed by atoms with Gasteiger partial charge in [-0.05, 0) is 44.4 Å². The summed E-state index contributed by atoms with van der Waals surface area (Å²) in [7, 11) is 0. The molecule has 1 amide bonds. The molecular weight excluding hydrogens is 282 g/mol. The summed E-state index contributed by atoms with van der Waals surface area (Å²) in [6, 6.07) is 0. The first kappa shape index (κ1) is 14.7. The fraction of sp³-hybridized carbons (Fsp3) is 0.688. The fourth-order valence-corrected chi connectivity index (χ4v) is 4.24. The van der Waals surface area contributed by atoms with Crippen LogP contribution in [0, 0.1) is 18.8 Å². The third-order valence-corrected chi connectivity index (χ3v) is 5.54. The standard InChI is InChI=1S/C16H23N3OS/c1-11-17-15(10-21-11)9-16(20)19-18-14-7-6-12-4-2-3-5-13(12)8-14/h10,12-13H,2-9H2,1H3,(H,19,20)/b18-14+/t12-,13+/m0/s1. The predicted molar refractivity (Wildman–Crippen MR) is 85.4 cm³/mol. The summed E-state index contributed by atoms with van der Waals surface area (Å²) >= 11 is 1.58. The van der Waals surface area contributed by atoms with E-state index >= 15 is 0 Å². The van der Waals surface area contributed by atoms with E-state index in [0.717, 1.165) is 35.4 Å². The first-order valence-electron chi connectivity index (χ1n) is 7.96. The van der Waals surface area contributed by atoms with Gasteiger partial charge in [0.1, 0.15) is 0 Å². The second-order valence-electron chi connectivity index (χ2n) is 6.30. The summed E-state index contributed by atoms with van der Waals surface area (Å²) < 4.78 is 0. The van der Waals surface area contributed by atoms with Gasteiger partial charge in [-0.2, -0.15) is 5.10 Å². The molecule has 1 aromatic heterocycles. The van der Waals surface area contributed by atoms with Gasteiger partial charge in [-0.1, -0.05) is 19.3 Å². The number of hydrogen-bond acceptors (Lipinski definition) is 4. The highest BCUT2D eigenvalue weighted by Gasteiger charge is 2.30. The number of carbonyl (C=O) groups excluding carboxylic acids is 1. The lowest BCUT2D eigenvalue weighted by Crippen LogP contribution is -2.30. The molecule has 5 heteroatoms. The van der Waals surface area contributed by atoms with Crippen LogP contribution in [0.1, 0.15) is 55.6 Å². The number of thiazole rings is 1. The lowest BCUT2D eigenvalue weighted by Gasteiger charge is -2.35. The fourth-order valence-electron chi connectivity index (χ4n) is 3.63. The lowest BCUT2D eigenvalue weighted by atomic mass is 9.70. The normalized spacial score (nSPS) is 27.4. The SMILES string of the molecule is Cc1nc(CC(=O)N/N=C2\CC[C@@H]3CCCC[C@@H]3C2)cs1. The Kier molecular flexibility index (Phi) is 4.68. The monoisotopic (exact) mass is 305 g/mol. The Morgan fingerprint density at radius 3 is 2.95 bits per heavy atom. The Bertz CT molecular complexity index is 537. The van der Waals surface area contributed by atoms with Gasteiger partial charge in [0, 0.05) is 11.1 Å². The lowest BCUT2D eigenvalue weighted by molar-refractivity contribution is -0.120. The van der Waals surface area contributed by atoms with Gasteiger partial charge in [-0.15, -0.1) is 11.3 Å². The average molecular weight is 305 g/mol. The molecular formula is C16H23N3OS. The van der Waals surface area contributed by atoms with Gasteiger partial charge in [0.15, 0.2) is 0 Å². The van der Waals surface area contributed by atoms with Crippen LogP contribution in [0.2, 0.25) is 0 Å². The molecule has 0 radical (unpaired) electrons. The van der Waals surface area contributed by atoms with Crippen molar-refractivity contribution in [3.8, 4) is 0 Å². The number of aryl methyl sites for hydroxylation is 1. The number of hydrazone groups is 1. The average Bonchev–Trinajstić information content (AvgIpc) is 2.90. The molecule has 1 aromatic rings. The quantitative estimate of drug-likeness (QED) is 0.870. The van der Waals surface area contributed by atoms with Crippen LogP contribution < -0.4 is 5.43 Å². The van der Waals surface area contributed by atoms with E-state index in [1.54, 1.807) is 11.3 Å². The molecule has 0 unspecified atom stereocenters. The molecule has 1 N–H and O–H groups in total. The smallest absolute Gasteiger partial charge is 0.246 e. The van der Waals surface area contributed by atoms with Gasteiger partial charge in [0.25, 0.3) is 0 Å². The third-order valence-electron chi connectivity index (χ3n) is 4.71. The minimum absolute atomic E-state index is 0.0569. The molecule has 2 saturated carbocycles. The zero-order valence-electron chi connectivity index (χ0n) is 12.6. The molecule has 2 fully saturated rings. The summed E-state index contributed by atoms with van der Waals surface area (Å²) in [4.78, 5) is 16.2. The zero-order valence-corrected chi connectivity index (χ0v) is 13.4. The van der Waals surface area contributed by atoms with E-state index in [2.05, 4.69) is 15.5 Å². The van der Waals surface area contributed by atoms with Crippen molar-refractivity contribution in [1.82, 2.24) is 10.4 Å². The Hall–Kier alpha value is -1.23. The molecule has 0 saturated heterocycles. The minimum atomic E-state index is -0.0569. The van der Waals surface area contributed by atoms with E-state index in [1.807, 2.05) is 12.3 Å². The summed E-state index contributed by atoms with van der Waals surface area (Å²) in [5.74, 6) is 1.66. The number of aromatic nitrogens is 1. The van der Waals surface area contributed by atoms with Crippen molar-refractivity contribution in [1.29, 1.82) is 0 Å². The van der Waals surface area contributed by atoms with Crippen molar-refractivity contribution in [3.63, 3.8) is 0 Å². The molecule has 2 aliphatic carbocycles. The molecule has 0 aliphatic heterocycles. The van der Waals surface area contributed by atoms with Crippen LogP contribution in [0.4, 0.5) is 0 Å². The number of rotatable bonds is 3. The molecule has 21 heavy (non-hydrogen) atoms. The van der Waals surface area contributed by atoms with Gasteiger partial charge in [-0.25, -0.2) is 10.4 Å². The van der Waals surface area contributed by atoms with Crippen molar-refractivity contribution < 1.29 is 4.79 Å². The highest BCUT2D eigenvalue weighted by Crippen LogP contribution is 2.39.